The summed E-state index contributed by atoms with van der Waals surface area (Å²) in [4.78, 5) is 44.6. The van der Waals surface area contributed by atoms with Gasteiger partial charge in [0.05, 0.1) is 5.92 Å². The molecule has 0 bridgehead atoms. The van der Waals surface area contributed by atoms with Crippen LogP contribution >= 0.6 is 11.3 Å². The minimum Gasteiger partial charge on any atom is -0.299 e. The summed E-state index contributed by atoms with van der Waals surface area (Å²) < 4.78 is 0. The van der Waals surface area contributed by atoms with Crippen molar-refractivity contribution >= 4 is 34.4 Å². The van der Waals surface area contributed by atoms with E-state index in [0.29, 0.717) is 29.5 Å². The van der Waals surface area contributed by atoms with E-state index in [9.17, 15) is 14.4 Å². The quantitative estimate of drug-likeness (QED) is 0.771. The van der Waals surface area contributed by atoms with Crippen LogP contribution in [0.25, 0.3) is 0 Å². The highest BCUT2D eigenvalue weighted by atomic mass is 32.1. The average molecular weight is 361 g/mol. The Morgan fingerprint density at radius 3 is 2.38 bits per heavy atom. The number of carbonyl (C=O) groups is 3. The molecule has 0 N–H and O–H groups in total. The van der Waals surface area contributed by atoms with Crippen LogP contribution in [0.3, 0.4) is 0 Å². The fraction of sp³-hybridized carbons (Fsp3) is 0.238. The topological polar surface area (TPSA) is 63.6 Å². The van der Waals surface area contributed by atoms with Crippen molar-refractivity contribution in [2.24, 2.45) is 10.9 Å². The van der Waals surface area contributed by atoms with Crippen LogP contribution in [-0.4, -0.2) is 23.1 Å². The molecule has 1 aromatic carbocycles. The number of nitrogens with zero attached hydrogens (tertiary/aromatic N) is 1. The lowest BCUT2D eigenvalue weighted by atomic mass is 9.68. The van der Waals surface area contributed by atoms with Gasteiger partial charge in [0.1, 0.15) is 11.5 Å². The summed E-state index contributed by atoms with van der Waals surface area (Å²) in [5.41, 5.74) is 2.23. The molecular weight excluding hydrogens is 346 g/mol. The maximum atomic E-state index is 13.3. The van der Waals surface area contributed by atoms with Gasteiger partial charge < -0.3 is 0 Å². The van der Waals surface area contributed by atoms with Crippen molar-refractivity contribution in [1.29, 1.82) is 0 Å². The minimum atomic E-state index is -0.414. The summed E-state index contributed by atoms with van der Waals surface area (Å²) in [5, 5.41) is 1.94. The highest BCUT2D eigenvalue weighted by Crippen LogP contribution is 2.47. The second-order valence-corrected chi connectivity index (χ2v) is 7.84. The Hall–Kier alpha value is -2.66. The van der Waals surface area contributed by atoms with E-state index in [0.717, 1.165) is 17.0 Å². The molecule has 3 aliphatic rings. The zero-order chi connectivity index (χ0) is 17.8. The molecule has 1 aromatic heterocycles. The van der Waals surface area contributed by atoms with Gasteiger partial charge in [-0.15, -0.1) is 11.3 Å². The fourth-order valence-corrected chi connectivity index (χ4v) is 5.18. The molecule has 1 fully saturated rings. The molecule has 128 valence electrons. The molecule has 5 rings (SSSR count). The minimum absolute atomic E-state index is 0.124. The Labute approximate surface area is 154 Å². The standard InChI is InChI=1S/C21H15NO3S/c23-14-8-3-7-13-16(14)17(15-9-4-10-26-15)18-19(22-13)21(25)12-6-2-1-5-11(12)20(18)24/h1-2,4-6,9-10,16-17H,3,7-8H2. The summed E-state index contributed by atoms with van der Waals surface area (Å²) in [6, 6.07) is 10.8. The van der Waals surface area contributed by atoms with Crippen LogP contribution in [0.2, 0.25) is 0 Å². The number of hydrogen-bond acceptors (Lipinski definition) is 5. The van der Waals surface area contributed by atoms with Crippen molar-refractivity contribution in [1.82, 2.24) is 0 Å². The summed E-state index contributed by atoms with van der Waals surface area (Å²) in [7, 11) is 0. The predicted molar refractivity (Wildman–Crippen MR) is 99.0 cm³/mol. The molecule has 2 aromatic rings. The number of rotatable bonds is 1. The Balaban J connectivity index is 1.78. The van der Waals surface area contributed by atoms with Gasteiger partial charge >= 0.3 is 0 Å². The Morgan fingerprint density at radius 1 is 0.885 bits per heavy atom. The van der Waals surface area contributed by atoms with Crippen LogP contribution in [0.4, 0.5) is 0 Å². The second kappa shape index (κ2) is 5.68. The molecule has 2 heterocycles. The van der Waals surface area contributed by atoms with Crippen molar-refractivity contribution in [2.45, 2.75) is 25.2 Å². The van der Waals surface area contributed by atoms with Gasteiger partial charge in [-0.2, -0.15) is 0 Å². The molecule has 0 saturated heterocycles. The number of carbonyl (C=O) groups excluding carboxylic acids is 3. The van der Waals surface area contributed by atoms with Gasteiger partial charge in [0, 0.05) is 39.6 Å². The number of ketones is 3. The van der Waals surface area contributed by atoms with Crippen LogP contribution in [0.15, 0.2) is 58.0 Å². The first-order valence-corrected chi connectivity index (χ1v) is 9.61. The zero-order valence-electron chi connectivity index (χ0n) is 13.9. The first-order chi connectivity index (χ1) is 12.7. The number of allylic oxidation sites excluding steroid dienone is 2. The molecule has 2 aliphatic carbocycles. The van der Waals surface area contributed by atoms with Gasteiger partial charge in [-0.1, -0.05) is 30.3 Å². The molecule has 2 unspecified atom stereocenters. The van der Waals surface area contributed by atoms with Gasteiger partial charge in [-0.3, -0.25) is 19.4 Å². The molecule has 1 saturated carbocycles. The smallest absolute Gasteiger partial charge is 0.212 e. The molecule has 4 nitrogen and oxygen atoms in total. The van der Waals surface area contributed by atoms with Crippen molar-refractivity contribution in [2.75, 3.05) is 0 Å². The van der Waals surface area contributed by atoms with Crippen molar-refractivity contribution in [3.8, 4) is 0 Å². The Bertz CT molecular complexity index is 1030. The second-order valence-electron chi connectivity index (χ2n) is 6.86. The van der Waals surface area contributed by atoms with Crippen molar-refractivity contribution in [3.63, 3.8) is 0 Å². The van der Waals surface area contributed by atoms with E-state index in [4.69, 9.17) is 0 Å². The van der Waals surface area contributed by atoms with E-state index < -0.39 is 11.8 Å². The van der Waals surface area contributed by atoms with Crippen LogP contribution in [0.1, 0.15) is 50.8 Å². The molecule has 2 atom stereocenters. The monoisotopic (exact) mass is 361 g/mol. The van der Waals surface area contributed by atoms with Crippen molar-refractivity contribution in [3.05, 3.63) is 69.1 Å². The highest BCUT2D eigenvalue weighted by molar-refractivity contribution is 7.10. The Kier molecular flexibility index (Phi) is 3.40. The van der Waals surface area contributed by atoms with Gasteiger partial charge in [-0.25, -0.2) is 0 Å². The number of fused-ring (bicyclic) bond motifs is 2. The van der Waals surface area contributed by atoms with E-state index in [1.165, 1.54) is 11.3 Å². The molecule has 1 aliphatic heterocycles. The van der Waals surface area contributed by atoms with Gasteiger partial charge in [0.25, 0.3) is 0 Å². The van der Waals surface area contributed by atoms with E-state index in [1.54, 1.807) is 24.3 Å². The van der Waals surface area contributed by atoms with Crippen molar-refractivity contribution < 1.29 is 14.4 Å². The number of benzene rings is 1. The number of aliphatic imine (C=N–C) groups is 1. The predicted octanol–water partition coefficient (Wildman–Crippen LogP) is 3.99. The first kappa shape index (κ1) is 15.6. The van der Waals surface area contributed by atoms with E-state index in [-0.39, 0.29) is 23.0 Å². The first-order valence-electron chi connectivity index (χ1n) is 8.73. The van der Waals surface area contributed by atoms with Gasteiger partial charge in [-0.05, 0) is 24.3 Å². The largest absolute Gasteiger partial charge is 0.299 e. The molecular formula is C21H15NO3S. The van der Waals surface area contributed by atoms with Gasteiger partial charge in [0.15, 0.2) is 5.78 Å². The summed E-state index contributed by atoms with van der Waals surface area (Å²) in [6.07, 6.45) is 1.97. The third-order valence-corrected chi connectivity index (χ3v) is 6.40. The lowest BCUT2D eigenvalue weighted by Gasteiger charge is -2.36. The van der Waals surface area contributed by atoms with Crippen LogP contribution in [-0.2, 0) is 4.79 Å². The van der Waals surface area contributed by atoms with E-state index in [2.05, 4.69) is 4.99 Å². The molecule has 26 heavy (non-hydrogen) atoms. The lowest BCUT2D eigenvalue weighted by Crippen LogP contribution is -2.41. The summed E-state index contributed by atoms with van der Waals surface area (Å²) in [6.45, 7) is 0. The third kappa shape index (κ3) is 2.07. The normalized spacial score (nSPS) is 24.8. The number of Topliss-reactive ketones (excluding diaryl/α,β-unsaturated/α-hetero) is 3. The lowest BCUT2D eigenvalue weighted by molar-refractivity contribution is -0.121. The van der Waals surface area contributed by atoms with Crippen LogP contribution < -0.4 is 0 Å². The number of thiophene rings is 1. The summed E-state index contributed by atoms with van der Waals surface area (Å²) in [5.74, 6) is -1.06. The van der Waals surface area contributed by atoms with E-state index >= 15 is 0 Å². The molecule has 0 amide bonds. The van der Waals surface area contributed by atoms with Gasteiger partial charge in [0.2, 0.25) is 5.78 Å². The third-order valence-electron chi connectivity index (χ3n) is 5.44. The van der Waals surface area contributed by atoms with E-state index in [1.807, 2.05) is 17.5 Å². The maximum absolute atomic E-state index is 13.3. The molecule has 0 radical (unpaired) electrons. The highest BCUT2D eigenvalue weighted by Gasteiger charge is 2.47. The number of hydrogen-bond donors (Lipinski definition) is 0. The molecule has 0 spiro atoms. The average Bonchev–Trinajstić information content (AvgIpc) is 3.19. The fourth-order valence-electron chi connectivity index (χ4n) is 4.31. The maximum Gasteiger partial charge on any atom is 0.212 e. The Morgan fingerprint density at radius 2 is 1.65 bits per heavy atom. The van der Waals surface area contributed by atoms with Crippen LogP contribution in [0, 0.1) is 5.92 Å². The summed E-state index contributed by atoms with van der Waals surface area (Å²) >= 11 is 1.52. The molecule has 5 heteroatoms. The zero-order valence-corrected chi connectivity index (χ0v) is 14.7. The SMILES string of the molecule is O=C1C2=C(C(=O)c3ccccc31)C(c1cccs1)C1C(=O)CCCC1=N2. The van der Waals surface area contributed by atoms with Crippen LogP contribution in [0.5, 0.6) is 0 Å².